The molecule has 0 heterocycles. The molecule has 1 unspecified atom stereocenters. The van der Waals surface area contributed by atoms with E-state index in [1.165, 1.54) is 70.6 Å². The molecule has 0 heteroatoms. The Morgan fingerprint density at radius 2 is 1.18 bits per heavy atom. The molecule has 0 bridgehead atoms. The van der Waals surface area contributed by atoms with Gasteiger partial charge >= 0.3 is 0 Å². The average molecular weight is 307 g/mol. The van der Waals surface area contributed by atoms with Crippen molar-refractivity contribution in [3.8, 4) is 0 Å². The highest BCUT2D eigenvalue weighted by Crippen LogP contribution is 2.31. The van der Waals surface area contributed by atoms with Crippen LogP contribution in [0.15, 0.2) is 24.3 Å². The van der Waals surface area contributed by atoms with Crippen LogP contribution in [0.2, 0.25) is 0 Å². The Balaban J connectivity index is 3.96. The van der Waals surface area contributed by atoms with Gasteiger partial charge in [-0.25, -0.2) is 0 Å². The third-order valence-electron chi connectivity index (χ3n) is 4.48. The largest absolute Gasteiger partial charge is 0.0885 e. The van der Waals surface area contributed by atoms with Crippen LogP contribution in [0.3, 0.4) is 0 Å². The van der Waals surface area contributed by atoms with E-state index in [1.54, 1.807) is 0 Å². The maximum absolute atomic E-state index is 2.50. The molecule has 0 N–H and O–H groups in total. The molecular weight excluding hydrogens is 264 g/mol. The molecule has 0 aliphatic rings. The molecule has 0 fully saturated rings. The van der Waals surface area contributed by atoms with E-state index in [2.05, 4.69) is 58.9 Å². The van der Waals surface area contributed by atoms with Crippen molar-refractivity contribution < 1.29 is 0 Å². The Morgan fingerprint density at radius 1 is 0.682 bits per heavy atom. The highest BCUT2D eigenvalue weighted by atomic mass is 14.3. The summed E-state index contributed by atoms with van der Waals surface area (Å²) in [5.74, 6) is 0.725. The summed E-state index contributed by atoms with van der Waals surface area (Å²) >= 11 is 0. The molecule has 0 amide bonds. The molecule has 0 nitrogen and oxygen atoms in total. The van der Waals surface area contributed by atoms with E-state index in [1.807, 2.05) is 0 Å². The first-order valence-electron chi connectivity index (χ1n) is 9.84. The van der Waals surface area contributed by atoms with Crippen molar-refractivity contribution in [2.24, 2.45) is 11.3 Å². The monoisotopic (exact) mass is 306 g/mol. The van der Waals surface area contributed by atoms with Gasteiger partial charge in [0, 0.05) is 0 Å². The molecule has 0 aliphatic carbocycles. The first-order valence-corrected chi connectivity index (χ1v) is 9.84. The first-order chi connectivity index (χ1) is 10.5. The number of allylic oxidation sites excluding steroid dienone is 4. The predicted octanol–water partition coefficient (Wildman–Crippen LogP) is 8.09. The van der Waals surface area contributed by atoms with Gasteiger partial charge in [-0.05, 0) is 56.3 Å². The van der Waals surface area contributed by atoms with Crippen LogP contribution in [-0.4, -0.2) is 0 Å². The van der Waals surface area contributed by atoms with Gasteiger partial charge in [-0.2, -0.15) is 0 Å². The zero-order chi connectivity index (χ0) is 16.7. The molecule has 0 spiro atoms. The average Bonchev–Trinajstić information content (AvgIpc) is 2.46. The van der Waals surface area contributed by atoms with Gasteiger partial charge in [0.05, 0.1) is 0 Å². The third kappa shape index (κ3) is 13.2. The minimum atomic E-state index is 0.395. The summed E-state index contributed by atoms with van der Waals surface area (Å²) in [4.78, 5) is 0. The Hall–Kier alpha value is -0.520. The smallest absolute Gasteiger partial charge is 0.0185 e. The summed E-state index contributed by atoms with van der Waals surface area (Å²) in [6, 6.07) is 0. The van der Waals surface area contributed by atoms with Gasteiger partial charge in [0.2, 0.25) is 0 Å². The Kier molecular flexibility index (Phi) is 13.8. The van der Waals surface area contributed by atoms with Crippen molar-refractivity contribution in [1.82, 2.24) is 0 Å². The molecule has 0 aliphatic heterocycles. The van der Waals surface area contributed by atoms with E-state index in [9.17, 15) is 0 Å². The maximum atomic E-state index is 2.50. The zero-order valence-corrected chi connectivity index (χ0v) is 16.2. The minimum Gasteiger partial charge on any atom is -0.0885 e. The van der Waals surface area contributed by atoms with Crippen molar-refractivity contribution in [1.29, 1.82) is 0 Å². The molecule has 0 aromatic rings. The summed E-state index contributed by atoms with van der Waals surface area (Å²) in [6.45, 7) is 11.7. The topological polar surface area (TPSA) is 0 Å². The van der Waals surface area contributed by atoms with Gasteiger partial charge in [0.1, 0.15) is 0 Å². The highest BCUT2D eigenvalue weighted by Gasteiger charge is 2.21. The van der Waals surface area contributed by atoms with E-state index in [0.29, 0.717) is 5.41 Å². The molecule has 0 aromatic carbocycles. The SMILES string of the molecule is CCCCC/C=C\CCCC(/C=C/CCCCC)C(C)(C)C. The van der Waals surface area contributed by atoms with E-state index >= 15 is 0 Å². The van der Waals surface area contributed by atoms with E-state index in [0.717, 1.165) is 5.92 Å². The van der Waals surface area contributed by atoms with E-state index in [-0.39, 0.29) is 0 Å². The number of rotatable bonds is 13. The van der Waals surface area contributed by atoms with Crippen LogP contribution in [0.25, 0.3) is 0 Å². The quantitative estimate of drug-likeness (QED) is 0.238. The van der Waals surface area contributed by atoms with Crippen molar-refractivity contribution in [2.45, 2.75) is 105 Å². The van der Waals surface area contributed by atoms with Gasteiger partial charge < -0.3 is 0 Å². The fraction of sp³-hybridized carbons (Fsp3) is 0.818. The maximum Gasteiger partial charge on any atom is -0.0185 e. The summed E-state index contributed by atoms with van der Waals surface area (Å²) in [5.41, 5.74) is 0.395. The zero-order valence-electron chi connectivity index (χ0n) is 16.2. The third-order valence-corrected chi connectivity index (χ3v) is 4.48. The molecule has 0 aromatic heterocycles. The Labute approximate surface area is 141 Å². The van der Waals surface area contributed by atoms with Crippen molar-refractivity contribution >= 4 is 0 Å². The van der Waals surface area contributed by atoms with Crippen molar-refractivity contribution in [3.63, 3.8) is 0 Å². The summed E-state index contributed by atoms with van der Waals surface area (Å²) in [5, 5.41) is 0. The molecule has 0 saturated carbocycles. The molecule has 0 rings (SSSR count). The minimum absolute atomic E-state index is 0.395. The van der Waals surface area contributed by atoms with Crippen LogP contribution in [0.1, 0.15) is 105 Å². The fourth-order valence-corrected chi connectivity index (χ4v) is 2.79. The number of hydrogen-bond acceptors (Lipinski definition) is 0. The molecule has 0 radical (unpaired) electrons. The van der Waals surface area contributed by atoms with Crippen LogP contribution in [0, 0.1) is 11.3 Å². The van der Waals surface area contributed by atoms with Crippen LogP contribution < -0.4 is 0 Å². The highest BCUT2D eigenvalue weighted by molar-refractivity contribution is 4.94. The first kappa shape index (κ1) is 21.5. The van der Waals surface area contributed by atoms with Gasteiger partial charge in [0.15, 0.2) is 0 Å². The molecule has 1 atom stereocenters. The lowest BCUT2D eigenvalue weighted by atomic mass is 9.77. The number of unbranched alkanes of at least 4 members (excludes halogenated alkanes) is 7. The van der Waals surface area contributed by atoms with Crippen LogP contribution in [0.5, 0.6) is 0 Å². The van der Waals surface area contributed by atoms with E-state index in [4.69, 9.17) is 0 Å². The standard InChI is InChI=1S/C22H42/c1-6-8-10-12-13-14-16-18-20-21(22(3,4)5)19-17-15-11-9-7-2/h13-14,17,19,21H,6-12,15-16,18,20H2,1-5H3/b14-13-,19-17+. The second kappa shape index (κ2) is 14.1. The molecule has 130 valence electrons. The fourth-order valence-electron chi connectivity index (χ4n) is 2.79. The lowest BCUT2D eigenvalue weighted by Gasteiger charge is -2.28. The second-order valence-electron chi connectivity index (χ2n) is 7.79. The van der Waals surface area contributed by atoms with Crippen LogP contribution >= 0.6 is 0 Å². The Morgan fingerprint density at radius 3 is 1.68 bits per heavy atom. The van der Waals surface area contributed by atoms with Crippen molar-refractivity contribution in [2.75, 3.05) is 0 Å². The van der Waals surface area contributed by atoms with Crippen LogP contribution in [0.4, 0.5) is 0 Å². The lowest BCUT2D eigenvalue weighted by molar-refractivity contribution is 0.273. The van der Waals surface area contributed by atoms with Gasteiger partial charge in [-0.3, -0.25) is 0 Å². The van der Waals surface area contributed by atoms with Crippen molar-refractivity contribution in [3.05, 3.63) is 24.3 Å². The number of hydrogen-bond donors (Lipinski definition) is 0. The van der Waals surface area contributed by atoms with Gasteiger partial charge in [0.25, 0.3) is 0 Å². The molecule has 0 saturated heterocycles. The van der Waals surface area contributed by atoms with Gasteiger partial charge in [-0.1, -0.05) is 84.6 Å². The van der Waals surface area contributed by atoms with Crippen LogP contribution in [-0.2, 0) is 0 Å². The molecule has 22 heavy (non-hydrogen) atoms. The van der Waals surface area contributed by atoms with Gasteiger partial charge in [-0.15, -0.1) is 0 Å². The molecular formula is C22H42. The lowest BCUT2D eigenvalue weighted by Crippen LogP contribution is -2.18. The Bertz CT molecular complexity index is 277. The van der Waals surface area contributed by atoms with E-state index < -0.39 is 0 Å². The predicted molar refractivity (Wildman–Crippen MR) is 103 cm³/mol. The summed E-state index contributed by atoms with van der Waals surface area (Å²) in [6.07, 6.45) is 24.3. The summed E-state index contributed by atoms with van der Waals surface area (Å²) < 4.78 is 0. The summed E-state index contributed by atoms with van der Waals surface area (Å²) in [7, 11) is 0. The second-order valence-corrected chi connectivity index (χ2v) is 7.79. The normalized spacial score (nSPS) is 14.2.